The minimum absolute atomic E-state index is 0.0326. The van der Waals surface area contributed by atoms with Crippen LogP contribution in [-0.4, -0.2) is 89.8 Å². The van der Waals surface area contributed by atoms with Gasteiger partial charge in [0.25, 0.3) is 5.91 Å². The number of aromatic carboxylic acids is 1. The van der Waals surface area contributed by atoms with Gasteiger partial charge in [0.05, 0.1) is 71.0 Å². The second-order valence-electron chi connectivity index (χ2n) is 14.8. The van der Waals surface area contributed by atoms with Crippen molar-refractivity contribution in [3.63, 3.8) is 0 Å². The molecule has 5 aliphatic rings. The van der Waals surface area contributed by atoms with Crippen molar-refractivity contribution in [3.05, 3.63) is 69.8 Å². The highest BCUT2D eigenvalue weighted by Gasteiger charge is 2.53. The number of benzene rings is 3. The topological polar surface area (TPSA) is 110 Å². The normalized spacial score (nSPS) is 22.2. The number of imidazole rings is 1. The summed E-state index contributed by atoms with van der Waals surface area (Å²) >= 11 is 6.98. The second kappa shape index (κ2) is 11.8. The van der Waals surface area contributed by atoms with Crippen molar-refractivity contribution in [3.8, 4) is 16.9 Å². The number of carbonyl (C=O) groups excluding carboxylic acids is 1. The summed E-state index contributed by atoms with van der Waals surface area (Å²) in [6.07, 6.45) is 4.18. The molecule has 51 heavy (non-hydrogen) atoms. The van der Waals surface area contributed by atoms with Gasteiger partial charge in [0, 0.05) is 49.4 Å². The average molecular weight is 716 g/mol. The Bertz CT molecular complexity index is 2110. The molecule has 1 aromatic heterocycles. The van der Waals surface area contributed by atoms with Crippen molar-refractivity contribution in [1.29, 1.82) is 0 Å². The van der Waals surface area contributed by atoms with Crippen molar-refractivity contribution in [2.24, 2.45) is 12.5 Å². The van der Waals surface area contributed by atoms with E-state index < -0.39 is 11.8 Å². The molecule has 1 spiro atoms. The number of halogens is 2. The number of para-hydroxylation sites is 1. The first-order chi connectivity index (χ1) is 24.6. The molecule has 0 radical (unpaired) electrons. The van der Waals surface area contributed by atoms with Crippen LogP contribution in [0.3, 0.4) is 0 Å². The van der Waals surface area contributed by atoms with E-state index in [0.29, 0.717) is 58.0 Å². The average Bonchev–Trinajstić information content (AvgIpc) is 3.51. The molecular weight excluding hydrogens is 677 g/mol. The molecule has 4 fully saturated rings. The van der Waals surface area contributed by atoms with E-state index in [-0.39, 0.29) is 47.8 Å². The SMILES string of the molecule is COC1CC2(C1)CN(c1cc(Cl)c(C(=O)N3COc4c(cccc4-c4cc(N5C6CCC5COC6)c(C(=O)O)cc4F)C3)c3c1nc(C)n3C)C2. The van der Waals surface area contributed by atoms with Gasteiger partial charge in [-0.3, -0.25) is 4.79 Å². The van der Waals surface area contributed by atoms with Crippen molar-refractivity contribution in [2.75, 3.05) is 49.9 Å². The number of aromatic nitrogens is 2. The number of anilines is 2. The zero-order valence-corrected chi connectivity index (χ0v) is 29.5. The number of hydrogen-bond donors (Lipinski definition) is 1. The number of carbonyl (C=O) groups is 2. The Morgan fingerprint density at radius 3 is 2.53 bits per heavy atom. The molecule has 3 aromatic carbocycles. The van der Waals surface area contributed by atoms with E-state index in [1.165, 1.54) is 0 Å². The summed E-state index contributed by atoms with van der Waals surface area (Å²) in [6.45, 7) is 4.85. The van der Waals surface area contributed by atoms with Crippen LogP contribution in [0.15, 0.2) is 36.4 Å². The fourth-order valence-corrected chi connectivity index (χ4v) is 9.38. The van der Waals surface area contributed by atoms with Crippen molar-refractivity contribution in [2.45, 2.75) is 57.3 Å². The lowest BCUT2D eigenvalue weighted by Gasteiger charge is -2.59. The van der Waals surface area contributed by atoms with Crippen LogP contribution in [0.1, 0.15) is 57.8 Å². The van der Waals surface area contributed by atoms with E-state index in [1.54, 1.807) is 30.2 Å². The number of carboxylic acids is 1. The molecule has 11 nitrogen and oxygen atoms in total. The largest absolute Gasteiger partial charge is 0.478 e. The van der Waals surface area contributed by atoms with Crippen LogP contribution >= 0.6 is 11.6 Å². The van der Waals surface area contributed by atoms with Crippen LogP contribution in [0, 0.1) is 18.2 Å². The van der Waals surface area contributed by atoms with Gasteiger partial charge in [0.2, 0.25) is 0 Å². The Labute approximate surface area is 299 Å². The summed E-state index contributed by atoms with van der Waals surface area (Å²) in [6, 6.07) is 10.1. The van der Waals surface area contributed by atoms with Gasteiger partial charge >= 0.3 is 5.97 Å². The molecule has 4 aromatic rings. The molecule has 1 amide bonds. The highest BCUT2D eigenvalue weighted by molar-refractivity contribution is 6.36. The number of hydrogen-bond acceptors (Lipinski definition) is 8. The van der Waals surface area contributed by atoms with Gasteiger partial charge in [-0.1, -0.05) is 29.8 Å². The van der Waals surface area contributed by atoms with Crippen molar-refractivity contribution >= 4 is 45.9 Å². The van der Waals surface area contributed by atoms with Crippen LogP contribution in [-0.2, 0) is 23.1 Å². The number of rotatable bonds is 6. The fraction of sp³-hybridized carbons (Fsp3) is 0.447. The lowest BCUT2D eigenvalue weighted by atomic mass is 9.61. The highest BCUT2D eigenvalue weighted by atomic mass is 35.5. The molecule has 13 heteroatoms. The van der Waals surface area contributed by atoms with Crippen LogP contribution in [0.4, 0.5) is 15.8 Å². The van der Waals surface area contributed by atoms with E-state index in [1.807, 2.05) is 30.7 Å². The molecule has 3 saturated heterocycles. The highest BCUT2D eigenvalue weighted by Crippen LogP contribution is 2.52. The minimum Gasteiger partial charge on any atom is -0.478 e. The zero-order valence-electron chi connectivity index (χ0n) is 28.7. The molecule has 4 aliphatic heterocycles. The van der Waals surface area contributed by atoms with Crippen LogP contribution in [0.25, 0.3) is 22.2 Å². The number of morpholine rings is 1. The molecule has 2 bridgehead atoms. The third-order valence-electron chi connectivity index (χ3n) is 11.8. The lowest BCUT2D eigenvalue weighted by molar-refractivity contribution is -0.0730. The first-order valence-electron chi connectivity index (χ1n) is 17.5. The number of fused-ring (bicyclic) bond motifs is 4. The smallest absolute Gasteiger partial charge is 0.337 e. The third-order valence-corrected chi connectivity index (χ3v) is 12.1. The van der Waals surface area contributed by atoms with Gasteiger partial charge in [0.1, 0.15) is 22.9 Å². The number of nitrogens with zero attached hydrogens (tertiary/aromatic N) is 5. The van der Waals surface area contributed by atoms with Gasteiger partial charge in [-0.2, -0.15) is 0 Å². The lowest BCUT2D eigenvalue weighted by Crippen LogP contribution is -2.64. The quantitative estimate of drug-likeness (QED) is 0.257. The first kappa shape index (κ1) is 32.5. The summed E-state index contributed by atoms with van der Waals surface area (Å²) in [4.78, 5) is 37.5. The maximum absolute atomic E-state index is 15.8. The fourth-order valence-electron chi connectivity index (χ4n) is 9.11. The summed E-state index contributed by atoms with van der Waals surface area (Å²) in [5.41, 5.74) is 4.82. The number of ether oxygens (including phenoxy) is 3. The molecule has 1 saturated carbocycles. The maximum atomic E-state index is 15.8. The van der Waals surface area contributed by atoms with E-state index >= 15 is 4.39 Å². The summed E-state index contributed by atoms with van der Waals surface area (Å²) < 4.78 is 35.3. The Hall–Kier alpha value is -4.39. The predicted molar refractivity (Wildman–Crippen MR) is 189 cm³/mol. The molecule has 266 valence electrons. The Kier molecular flexibility index (Phi) is 7.54. The maximum Gasteiger partial charge on any atom is 0.337 e. The van der Waals surface area contributed by atoms with Crippen LogP contribution < -0.4 is 14.5 Å². The van der Waals surface area contributed by atoms with Gasteiger partial charge in [0.15, 0.2) is 6.73 Å². The molecule has 1 N–H and O–H groups in total. The van der Waals surface area contributed by atoms with Crippen molar-refractivity contribution < 1.29 is 33.3 Å². The predicted octanol–water partition coefficient (Wildman–Crippen LogP) is 6.01. The molecule has 2 unspecified atom stereocenters. The zero-order chi connectivity index (χ0) is 35.3. The summed E-state index contributed by atoms with van der Waals surface area (Å²) in [5.74, 6) is -0.901. The monoisotopic (exact) mass is 715 g/mol. The molecule has 9 rings (SSSR count). The molecule has 2 atom stereocenters. The van der Waals surface area contributed by atoms with E-state index in [2.05, 4.69) is 9.80 Å². The van der Waals surface area contributed by atoms with Crippen LogP contribution in [0.5, 0.6) is 5.75 Å². The van der Waals surface area contributed by atoms with Gasteiger partial charge in [-0.05, 0) is 50.8 Å². The standard InChI is InChI=1S/C38H39ClFN5O6/c1-20-41-33-31(44-17-38(18-44)12-24(13-38)49-3)11-28(39)32(34(33)42(20)2)36(46)43-14-21-5-4-6-25(35(21)51-19-43)26-10-30(27(37(47)48)9-29(26)40)45-22-7-8-23(45)16-50-15-22/h4-6,9-11,22-24H,7-8,12-19H2,1-3H3,(H,47,48). The van der Waals surface area contributed by atoms with Gasteiger partial charge < -0.3 is 38.6 Å². The Morgan fingerprint density at radius 1 is 1.08 bits per heavy atom. The number of carboxylic acid groups (broad SMARTS) is 1. The Morgan fingerprint density at radius 2 is 1.82 bits per heavy atom. The first-order valence-corrected chi connectivity index (χ1v) is 17.8. The van der Waals surface area contributed by atoms with Gasteiger partial charge in [-0.15, -0.1) is 0 Å². The number of aryl methyl sites for hydroxylation is 2. The van der Waals surface area contributed by atoms with Gasteiger partial charge in [-0.25, -0.2) is 14.2 Å². The second-order valence-corrected chi connectivity index (χ2v) is 15.3. The summed E-state index contributed by atoms with van der Waals surface area (Å²) in [5, 5.41) is 10.4. The van der Waals surface area contributed by atoms with E-state index in [0.717, 1.165) is 61.9 Å². The number of methoxy groups -OCH3 is 1. The van der Waals surface area contributed by atoms with Crippen molar-refractivity contribution in [1.82, 2.24) is 14.5 Å². The number of amides is 1. The van der Waals surface area contributed by atoms with E-state index in [4.69, 9.17) is 30.8 Å². The molecular formula is C38H39ClFN5O6. The molecule has 5 heterocycles. The van der Waals surface area contributed by atoms with Crippen LogP contribution in [0.2, 0.25) is 5.02 Å². The van der Waals surface area contributed by atoms with E-state index in [9.17, 15) is 14.7 Å². The summed E-state index contributed by atoms with van der Waals surface area (Å²) in [7, 11) is 3.66. The third kappa shape index (κ3) is 5.01. The Balaban J connectivity index is 1.03. The molecule has 1 aliphatic carbocycles. The minimum atomic E-state index is -1.18.